The third kappa shape index (κ3) is 6.12. The molecule has 3 rings (SSSR count). The number of thioether (sulfide) groups is 1. The van der Waals surface area contributed by atoms with E-state index >= 15 is 0 Å². The number of anilines is 2. The van der Waals surface area contributed by atoms with Crippen LogP contribution in [0.4, 0.5) is 15.6 Å². The smallest absolute Gasteiger partial charge is 0.328 e. The number of aromatic nitrogens is 1. The number of urea groups is 1. The van der Waals surface area contributed by atoms with Gasteiger partial charge in [0.25, 0.3) is 0 Å². The number of amides is 2. The molecule has 1 aromatic carbocycles. The second-order valence-electron chi connectivity index (χ2n) is 7.15. The number of esters is 1. The van der Waals surface area contributed by atoms with Gasteiger partial charge < -0.3 is 4.74 Å². The van der Waals surface area contributed by atoms with Gasteiger partial charge in [0.05, 0.1) is 22.8 Å². The van der Waals surface area contributed by atoms with Crippen molar-refractivity contribution in [3.63, 3.8) is 0 Å². The Labute approximate surface area is 190 Å². The maximum Gasteiger partial charge on any atom is 0.328 e. The van der Waals surface area contributed by atoms with E-state index < -0.39 is 0 Å². The highest BCUT2D eigenvalue weighted by Gasteiger charge is 2.25. The summed E-state index contributed by atoms with van der Waals surface area (Å²) in [6, 6.07) is 5.41. The predicted molar refractivity (Wildman–Crippen MR) is 124 cm³/mol. The molecule has 0 unspecified atom stereocenters. The molecule has 2 aromatic rings. The summed E-state index contributed by atoms with van der Waals surface area (Å²) in [5.41, 5.74) is 1.71. The minimum Gasteiger partial charge on any atom is -0.465 e. The Hall–Kier alpha value is -1.77. The molecule has 0 saturated heterocycles. The van der Waals surface area contributed by atoms with Gasteiger partial charge in [-0.2, -0.15) is 0 Å². The number of nitrogens with zero attached hydrogens (tertiary/aromatic N) is 2. The molecule has 1 aliphatic carbocycles. The summed E-state index contributed by atoms with van der Waals surface area (Å²) < 4.78 is 5.78. The predicted octanol–water partition coefficient (Wildman–Crippen LogP) is 5.99. The Morgan fingerprint density at radius 3 is 2.87 bits per heavy atom. The lowest BCUT2D eigenvalue weighted by Gasteiger charge is -2.27. The van der Waals surface area contributed by atoms with Gasteiger partial charge in [-0.1, -0.05) is 41.8 Å². The molecule has 1 aromatic heterocycles. The number of ether oxygens (including phenoxy) is 1. The highest BCUT2D eigenvalue weighted by atomic mass is 35.5. The molecule has 0 bridgehead atoms. The van der Waals surface area contributed by atoms with Crippen molar-refractivity contribution in [3.05, 3.63) is 35.0 Å². The fourth-order valence-electron chi connectivity index (χ4n) is 3.51. The Morgan fingerprint density at radius 1 is 1.37 bits per heavy atom. The van der Waals surface area contributed by atoms with E-state index in [9.17, 15) is 9.59 Å². The zero-order valence-electron chi connectivity index (χ0n) is 17.2. The normalized spacial score (nSPS) is 14.0. The number of thiazole rings is 1. The van der Waals surface area contributed by atoms with Crippen molar-refractivity contribution in [1.82, 2.24) is 4.98 Å². The van der Waals surface area contributed by atoms with Crippen LogP contribution in [0.2, 0.25) is 5.02 Å². The van der Waals surface area contributed by atoms with Gasteiger partial charge in [0.15, 0.2) is 5.13 Å². The molecule has 162 valence electrons. The van der Waals surface area contributed by atoms with Crippen molar-refractivity contribution in [2.24, 2.45) is 5.92 Å². The fraction of sp³-hybridized carbons (Fsp3) is 0.476. The summed E-state index contributed by atoms with van der Waals surface area (Å²) >= 11 is 9.01. The first-order chi connectivity index (χ1) is 14.5. The molecule has 0 radical (unpaired) electrons. The summed E-state index contributed by atoms with van der Waals surface area (Å²) in [6.07, 6.45) is 6.35. The third-order valence-electron chi connectivity index (χ3n) is 5.03. The second kappa shape index (κ2) is 11.0. The summed E-state index contributed by atoms with van der Waals surface area (Å²) in [5.74, 6) is 0.445. The summed E-state index contributed by atoms with van der Waals surface area (Å²) in [4.78, 5) is 30.8. The van der Waals surface area contributed by atoms with E-state index in [4.69, 9.17) is 16.3 Å². The van der Waals surface area contributed by atoms with Gasteiger partial charge in [0, 0.05) is 17.3 Å². The molecule has 0 aliphatic heterocycles. The van der Waals surface area contributed by atoms with Crippen LogP contribution in [-0.2, 0) is 9.53 Å². The minimum absolute atomic E-state index is 0.219. The number of carbonyl (C=O) groups excluding carboxylic acids is 2. The van der Waals surface area contributed by atoms with E-state index in [1.54, 1.807) is 18.0 Å². The monoisotopic (exact) mass is 467 g/mol. The molecule has 6 nitrogen and oxygen atoms in total. The van der Waals surface area contributed by atoms with Crippen LogP contribution in [0.15, 0.2) is 28.6 Å². The quantitative estimate of drug-likeness (QED) is 0.381. The van der Waals surface area contributed by atoms with Crippen LogP contribution in [0.3, 0.4) is 0 Å². The van der Waals surface area contributed by atoms with E-state index in [0.29, 0.717) is 29.2 Å². The first kappa shape index (κ1) is 22.9. The van der Waals surface area contributed by atoms with E-state index in [1.165, 1.54) is 35.9 Å². The Balaban J connectivity index is 1.70. The van der Waals surface area contributed by atoms with Crippen molar-refractivity contribution in [2.45, 2.75) is 43.7 Å². The van der Waals surface area contributed by atoms with Crippen molar-refractivity contribution < 1.29 is 14.3 Å². The Morgan fingerprint density at radius 2 is 2.13 bits per heavy atom. The van der Waals surface area contributed by atoms with Crippen molar-refractivity contribution in [1.29, 1.82) is 0 Å². The minimum atomic E-state index is -0.263. The number of benzene rings is 1. The first-order valence-corrected chi connectivity index (χ1v) is 12.2. The third-order valence-corrected chi connectivity index (χ3v) is 7.52. The molecule has 0 spiro atoms. The number of halogens is 1. The molecule has 1 N–H and O–H groups in total. The van der Waals surface area contributed by atoms with E-state index in [0.717, 1.165) is 28.3 Å². The molecular formula is C21H26ClN3O3S2. The van der Waals surface area contributed by atoms with Crippen molar-refractivity contribution >= 4 is 57.5 Å². The number of rotatable bonds is 8. The lowest BCUT2D eigenvalue weighted by molar-refractivity contribution is -0.139. The van der Waals surface area contributed by atoms with Crippen molar-refractivity contribution in [3.8, 4) is 0 Å². The van der Waals surface area contributed by atoms with Gasteiger partial charge in [0.2, 0.25) is 0 Å². The molecule has 0 atom stereocenters. The van der Waals surface area contributed by atoms with Crippen LogP contribution in [0.5, 0.6) is 0 Å². The molecule has 2 amide bonds. The molecule has 1 saturated carbocycles. The molecule has 1 aliphatic rings. The Kier molecular flexibility index (Phi) is 8.41. The van der Waals surface area contributed by atoms with Gasteiger partial charge in [-0.3, -0.25) is 15.0 Å². The summed E-state index contributed by atoms with van der Waals surface area (Å²) in [6.45, 7) is 4.73. The number of hydrogen-bond acceptors (Lipinski definition) is 6. The number of carbonyl (C=O) groups is 2. The molecule has 1 heterocycles. The zero-order valence-corrected chi connectivity index (χ0v) is 19.5. The largest absolute Gasteiger partial charge is 0.465 e. The topological polar surface area (TPSA) is 71.5 Å². The zero-order chi connectivity index (χ0) is 21.5. The fourth-order valence-corrected chi connectivity index (χ4v) is 5.34. The molecule has 1 fully saturated rings. The van der Waals surface area contributed by atoms with E-state index in [1.807, 2.05) is 25.1 Å². The second-order valence-corrected chi connectivity index (χ2v) is 9.87. The van der Waals surface area contributed by atoms with Gasteiger partial charge in [0.1, 0.15) is 0 Å². The van der Waals surface area contributed by atoms with Crippen LogP contribution < -0.4 is 10.2 Å². The highest BCUT2D eigenvalue weighted by molar-refractivity contribution is 8.01. The van der Waals surface area contributed by atoms with Gasteiger partial charge >= 0.3 is 12.0 Å². The van der Waals surface area contributed by atoms with Gasteiger partial charge in [-0.05, 0) is 50.3 Å². The lowest BCUT2D eigenvalue weighted by atomic mass is 10.1. The Bertz CT molecular complexity index is 884. The molecule has 30 heavy (non-hydrogen) atoms. The lowest BCUT2D eigenvalue weighted by Crippen LogP contribution is -2.38. The highest BCUT2D eigenvalue weighted by Crippen LogP contribution is 2.33. The molecule has 9 heteroatoms. The number of hydrogen-bond donors (Lipinski definition) is 1. The molecular weight excluding hydrogens is 442 g/mol. The average Bonchev–Trinajstić information content (AvgIpc) is 3.39. The summed E-state index contributed by atoms with van der Waals surface area (Å²) in [7, 11) is 0. The standard InChI is InChI=1S/C21H26ClN3O3S2/c1-3-28-18(26)13-29-19-11-23-20(30-19)24-21(27)25(12-15-7-4-5-8-15)17-10-6-9-16(22)14(17)2/h6,9-11,15H,3-5,7-8,12-13H2,1-2H3,(H,23,24,27). The van der Waals surface area contributed by atoms with Crippen molar-refractivity contribution in [2.75, 3.05) is 29.1 Å². The first-order valence-electron chi connectivity index (χ1n) is 10.1. The van der Waals surface area contributed by atoms with Crippen LogP contribution >= 0.6 is 34.7 Å². The van der Waals surface area contributed by atoms with Crippen LogP contribution in [0.25, 0.3) is 0 Å². The van der Waals surface area contributed by atoms with Gasteiger partial charge in [-0.15, -0.1) is 11.8 Å². The van der Waals surface area contributed by atoms with Crippen LogP contribution in [0, 0.1) is 12.8 Å². The van der Waals surface area contributed by atoms with Gasteiger partial charge in [-0.25, -0.2) is 9.78 Å². The average molecular weight is 468 g/mol. The SMILES string of the molecule is CCOC(=O)CSc1cnc(NC(=O)N(CC2CCCC2)c2cccc(Cl)c2C)s1. The number of nitrogens with one attached hydrogen (secondary N) is 1. The van der Waals surface area contributed by atoms with Crippen LogP contribution in [-0.4, -0.2) is 35.9 Å². The van der Waals surface area contributed by atoms with E-state index in [2.05, 4.69) is 10.3 Å². The maximum atomic E-state index is 13.2. The maximum absolute atomic E-state index is 13.2. The summed E-state index contributed by atoms with van der Waals surface area (Å²) in [5, 5.41) is 4.06. The van der Waals surface area contributed by atoms with Crippen LogP contribution in [0.1, 0.15) is 38.2 Å². The van der Waals surface area contributed by atoms with E-state index in [-0.39, 0.29) is 17.8 Å².